The molecule has 2 saturated carbocycles. The summed E-state index contributed by atoms with van der Waals surface area (Å²) in [6, 6.07) is 5.31. The summed E-state index contributed by atoms with van der Waals surface area (Å²) in [5.41, 5.74) is 1.45. The third-order valence-corrected chi connectivity index (χ3v) is 5.63. The number of anilines is 1. The molecule has 1 aromatic rings. The normalized spacial score (nSPS) is 25.4. The Bertz CT molecular complexity index is 616. The van der Waals surface area contributed by atoms with Crippen LogP contribution in [0.5, 0.6) is 0 Å². The fraction of sp³-hybridized carbons (Fsp3) is 0.556. The lowest BCUT2D eigenvalue weighted by atomic mass is 9.86. The number of carbonyl (C=O) groups excluding carboxylic acids is 2. The van der Waals surface area contributed by atoms with Gasteiger partial charge in [0.15, 0.2) is 6.61 Å². The Morgan fingerprint density at radius 3 is 2.83 bits per heavy atom. The molecule has 1 aromatic carbocycles. The number of hydrogen-bond donors (Lipinski definition) is 1. The van der Waals surface area contributed by atoms with E-state index in [2.05, 4.69) is 5.32 Å². The van der Waals surface area contributed by atoms with Gasteiger partial charge in [-0.15, -0.1) is 0 Å². The number of benzene rings is 1. The molecular formula is C18H22ClNO3. The van der Waals surface area contributed by atoms with E-state index >= 15 is 0 Å². The van der Waals surface area contributed by atoms with Gasteiger partial charge in [-0.1, -0.05) is 24.1 Å². The minimum absolute atomic E-state index is 0.244. The maximum atomic E-state index is 11.9. The highest BCUT2D eigenvalue weighted by Gasteiger charge is 2.40. The summed E-state index contributed by atoms with van der Waals surface area (Å²) in [5, 5.41) is 3.32. The number of amides is 1. The summed E-state index contributed by atoms with van der Waals surface area (Å²) in [5.74, 6) is 1.36. The average Bonchev–Trinajstić information content (AvgIpc) is 3.12. The van der Waals surface area contributed by atoms with Crippen LogP contribution >= 0.6 is 11.6 Å². The lowest BCUT2D eigenvalue weighted by Crippen LogP contribution is -2.23. The lowest BCUT2D eigenvalue weighted by molar-refractivity contribution is -0.148. The van der Waals surface area contributed by atoms with Crippen molar-refractivity contribution in [3.63, 3.8) is 0 Å². The number of halogens is 1. The molecule has 0 aliphatic heterocycles. The van der Waals surface area contributed by atoms with Gasteiger partial charge in [-0.2, -0.15) is 0 Å². The van der Waals surface area contributed by atoms with Crippen molar-refractivity contribution in [1.29, 1.82) is 0 Å². The van der Waals surface area contributed by atoms with E-state index in [1.165, 1.54) is 19.3 Å². The van der Waals surface area contributed by atoms with Crippen molar-refractivity contribution in [1.82, 2.24) is 0 Å². The van der Waals surface area contributed by atoms with E-state index in [1.807, 2.05) is 6.92 Å². The minimum atomic E-state index is -0.336. The molecule has 2 bridgehead atoms. The van der Waals surface area contributed by atoms with Gasteiger partial charge in [0.25, 0.3) is 5.91 Å². The zero-order valence-corrected chi connectivity index (χ0v) is 14.1. The maximum Gasteiger partial charge on any atom is 0.306 e. The Morgan fingerprint density at radius 2 is 2.13 bits per heavy atom. The number of rotatable bonds is 5. The van der Waals surface area contributed by atoms with E-state index in [9.17, 15) is 9.59 Å². The van der Waals surface area contributed by atoms with Crippen LogP contribution in [0.3, 0.4) is 0 Å². The molecule has 1 N–H and O–H groups in total. The molecule has 0 heterocycles. The van der Waals surface area contributed by atoms with Crippen molar-refractivity contribution in [2.45, 2.75) is 39.0 Å². The van der Waals surface area contributed by atoms with E-state index in [0.717, 1.165) is 17.9 Å². The van der Waals surface area contributed by atoms with E-state index in [-0.39, 0.29) is 18.5 Å². The first-order valence-corrected chi connectivity index (χ1v) is 8.61. The van der Waals surface area contributed by atoms with Gasteiger partial charge in [-0.25, -0.2) is 0 Å². The van der Waals surface area contributed by atoms with E-state index in [0.29, 0.717) is 29.0 Å². The maximum absolute atomic E-state index is 11.9. The molecule has 2 aliphatic rings. The molecule has 4 nitrogen and oxygen atoms in total. The second-order valence-corrected chi connectivity index (χ2v) is 7.17. The van der Waals surface area contributed by atoms with Gasteiger partial charge in [0.2, 0.25) is 0 Å². The standard InChI is InChI=1S/C18H22ClNO3/c1-11-15(19)3-2-4-16(11)20-17(21)10-23-18(22)9-14-8-12-5-6-13(14)7-12/h2-4,12-14H,5-10H2,1H3,(H,20,21)/t12-,13+,14-/m0/s1. The Morgan fingerprint density at radius 1 is 1.30 bits per heavy atom. The van der Waals surface area contributed by atoms with Crippen LogP contribution < -0.4 is 5.32 Å². The molecule has 0 aromatic heterocycles. The molecule has 5 heteroatoms. The average molecular weight is 336 g/mol. The van der Waals surface area contributed by atoms with Crippen LogP contribution in [0.2, 0.25) is 5.02 Å². The summed E-state index contributed by atoms with van der Waals surface area (Å²) in [7, 11) is 0. The molecule has 23 heavy (non-hydrogen) atoms. The van der Waals surface area contributed by atoms with Gasteiger partial charge >= 0.3 is 5.97 Å². The Kier molecular flexibility index (Phi) is 4.90. The second-order valence-electron chi connectivity index (χ2n) is 6.76. The third kappa shape index (κ3) is 3.86. The van der Waals surface area contributed by atoms with Crippen molar-refractivity contribution >= 4 is 29.2 Å². The quantitative estimate of drug-likeness (QED) is 0.829. The molecule has 0 unspecified atom stereocenters. The highest BCUT2D eigenvalue weighted by Crippen LogP contribution is 2.49. The first kappa shape index (κ1) is 16.3. The summed E-state index contributed by atoms with van der Waals surface area (Å²) in [4.78, 5) is 23.8. The number of nitrogens with one attached hydrogen (secondary N) is 1. The smallest absolute Gasteiger partial charge is 0.306 e. The van der Waals surface area contributed by atoms with Crippen LogP contribution in [0.25, 0.3) is 0 Å². The van der Waals surface area contributed by atoms with Gasteiger partial charge in [0.05, 0.1) is 0 Å². The van der Waals surface area contributed by atoms with Crippen molar-refractivity contribution in [3.05, 3.63) is 28.8 Å². The summed E-state index contributed by atoms with van der Waals surface area (Å²) in [6.07, 6.45) is 5.43. The summed E-state index contributed by atoms with van der Waals surface area (Å²) in [6.45, 7) is 1.59. The summed E-state index contributed by atoms with van der Waals surface area (Å²) >= 11 is 6.01. The number of esters is 1. The predicted octanol–water partition coefficient (Wildman–Crippen LogP) is 3.96. The van der Waals surface area contributed by atoms with Crippen LogP contribution in [0.15, 0.2) is 18.2 Å². The molecule has 0 radical (unpaired) electrons. The molecule has 1 amide bonds. The minimum Gasteiger partial charge on any atom is -0.456 e. The van der Waals surface area contributed by atoms with Gasteiger partial charge in [-0.3, -0.25) is 9.59 Å². The van der Waals surface area contributed by atoms with Crippen LogP contribution in [0.4, 0.5) is 5.69 Å². The van der Waals surface area contributed by atoms with Crippen molar-refractivity contribution in [3.8, 4) is 0 Å². The number of fused-ring (bicyclic) bond motifs is 2. The van der Waals surface area contributed by atoms with Gasteiger partial charge in [0.1, 0.15) is 0 Å². The number of ether oxygens (including phenoxy) is 1. The predicted molar refractivity (Wildman–Crippen MR) is 89.3 cm³/mol. The molecule has 0 spiro atoms. The number of hydrogen-bond acceptors (Lipinski definition) is 3. The zero-order valence-electron chi connectivity index (χ0n) is 13.3. The molecule has 3 rings (SSSR count). The topological polar surface area (TPSA) is 55.4 Å². The van der Waals surface area contributed by atoms with E-state index < -0.39 is 0 Å². The number of carbonyl (C=O) groups is 2. The largest absolute Gasteiger partial charge is 0.456 e. The van der Waals surface area contributed by atoms with Gasteiger partial charge in [0, 0.05) is 17.1 Å². The second kappa shape index (κ2) is 6.91. The van der Waals surface area contributed by atoms with Crippen molar-refractivity contribution < 1.29 is 14.3 Å². The Balaban J connectivity index is 1.43. The molecular weight excluding hydrogens is 314 g/mol. The first-order chi connectivity index (χ1) is 11.0. The van der Waals surface area contributed by atoms with Gasteiger partial charge in [-0.05, 0) is 61.6 Å². The van der Waals surface area contributed by atoms with Crippen molar-refractivity contribution in [2.75, 3.05) is 11.9 Å². The fourth-order valence-corrected chi connectivity index (χ4v) is 4.15. The molecule has 0 saturated heterocycles. The lowest BCUT2D eigenvalue weighted by Gasteiger charge is -2.20. The highest BCUT2D eigenvalue weighted by atomic mass is 35.5. The van der Waals surface area contributed by atoms with Crippen LogP contribution in [-0.2, 0) is 14.3 Å². The fourth-order valence-electron chi connectivity index (χ4n) is 3.97. The summed E-state index contributed by atoms with van der Waals surface area (Å²) < 4.78 is 5.13. The zero-order chi connectivity index (χ0) is 16.4. The van der Waals surface area contributed by atoms with Crippen LogP contribution in [0.1, 0.15) is 37.7 Å². The Labute approximate surface area is 141 Å². The molecule has 2 aliphatic carbocycles. The van der Waals surface area contributed by atoms with Gasteiger partial charge < -0.3 is 10.1 Å². The Hall–Kier alpha value is -1.55. The SMILES string of the molecule is Cc1c(Cl)cccc1NC(=O)COC(=O)C[C@@H]1C[C@H]2CC[C@@H]1C2. The molecule has 124 valence electrons. The molecule has 3 atom stereocenters. The first-order valence-electron chi connectivity index (χ1n) is 8.23. The third-order valence-electron chi connectivity index (χ3n) is 5.22. The van der Waals surface area contributed by atoms with Crippen LogP contribution in [0, 0.1) is 24.7 Å². The highest BCUT2D eigenvalue weighted by molar-refractivity contribution is 6.31. The van der Waals surface area contributed by atoms with E-state index in [4.69, 9.17) is 16.3 Å². The van der Waals surface area contributed by atoms with Crippen LogP contribution in [-0.4, -0.2) is 18.5 Å². The van der Waals surface area contributed by atoms with E-state index in [1.54, 1.807) is 18.2 Å². The van der Waals surface area contributed by atoms with Crippen molar-refractivity contribution in [2.24, 2.45) is 17.8 Å². The molecule has 2 fully saturated rings. The monoisotopic (exact) mass is 335 g/mol.